The van der Waals surface area contributed by atoms with Crippen LogP contribution in [0.5, 0.6) is 0 Å². The van der Waals surface area contributed by atoms with Crippen LogP contribution in [0.3, 0.4) is 0 Å². The summed E-state index contributed by atoms with van der Waals surface area (Å²) in [5.41, 5.74) is 5.73. The summed E-state index contributed by atoms with van der Waals surface area (Å²) >= 11 is 0. The third-order valence-electron chi connectivity index (χ3n) is 2.41. The van der Waals surface area contributed by atoms with Gasteiger partial charge in [0.2, 0.25) is 5.91 Å². The minimum Gasteiger partial charge on any atom is -0.340 e. The Balaban J connectivity index is 2.41. The predicted molar refractivity (Wildman–Crippen MR) is 57.3 cm³/mol. The van der Waals surface area contributed by atoms with Gasteiger partial charge in [-0.25, -0.2) is 0 Å². The first kappa shape index (κ1) is 11.7. The standard InChI is InChI=1S/C9H18N2O2S/c1-2-3-8(10)9(12)11-4-6-14(13)7-5-11/h8H,2-7,10H2,1H3. The SMILES string of the molecule is CCCC(N)C(=O)N1CCS(=O)CC1. The minimum absolute atomic E-state index is 0.0172. The van der Waals surface area contributed by atoms with E-state index >= 15 is 0 Å². The van der Waals surface area contributed by atoms with E-state index in [-0.39, 0.29) is 11.9 Å². The fourth-order valence-corrected chi connectivity index (χ4v) is 2.58. The highest BCUT2D eigenvalue weighted by Gasteiger charge is 2.23. The van der Waals surface area contributed by atoms with Crippen molar-refractivity contribution in [2.75, 3.05) is 24.6 Å². The molecule has 1 amide bonds. The smallest absolute Gasteiger partial charge is 0.239 e. The van der Waals surface area contributed by atoms with Gasteiger partial charge >= 0.3 is 0 Å². The summed E-state index contributed by atoms with van der Waals surface area (Å²) in [5.74, 6) is 1.22. The van der Waals surface area contributed by atoms with E-state index in [9.17, 15) is 9.00 Å². The fraction of sp³-hybridized carbons (Fsp3) is 0.889. The summed E-state index contributed by atoms with van der Waals surface area (Å²) in [7, 11) is -0.729. The molecule has 1 heterocycles. The Bertz CT molecular complexity index is 223. The van der Waals surface area contributed by atoms with E-state index in [0.717, 1.165) is 12.8 Å². The van der Waals surface area contributed by atoms with E-state index in [1.807, 2.05) is 6.92 Å². The molecule has 5 heteroatoms. The molecular weight excluding hydrogens is 200 g/mol. The van der Waals surface area contributed by atoms with Gasteiger partial charge in [-0.2, -0.15) is 0 Å². The Morgan fingerprint density at radius 2 is 2.07 bits per heavy atom. The van der Waals surface area contributed by atoms with Crippen molar-refractivity contribution in [3.05, 3.63) is 0 Å². The number of hydrogen-bond donors (Lipinski definition) is 1. The average Bonchev–Trinajstić information content (AvgIpc) is 2.18. The molecule has 0 aliphatic carbocycles. The lowest BCUT2D eigenvalue weighted by atomic mass is 10.1. The second-order valence-electron chi connectivity index (χ2n) is 3.57. The normalized spacial score (nSPS) is 20.9. The quantitative estimate of drug-likeness (QED) is 0.707. The van der Waals surface area contributed by atoms with Crippen LogP contribution in [0.1, 0.15) is 19.8 Å². The maximum Gasteiger partial charge on any atom is 0.239 e. The van der Waals surface area contributed by atoms with Crippen LogP contribution in [0.25, 0.3) is 0 Å². The van der Waals surface area contributed by atoms with Crippen molar-refractivity contribution in [1.82, 2.24) is 4.90 Å². The van der Waals surface area contributed by atoms with Crippen molar-refractivity contribution in [3.8, 4) is 0 Å². The van der Waals surface area contributed by atoms with Crippen LogP contribution in [-0.4, -0.2) is 45.7 Å². The molecule has 1 unspecified atom stereocenters. The largest absolute Gasteiger partial charge is 0.340 e. The first-order chi connectivity index (χ1) is 6.65. The summed E-state index contributed by atoms with van der Waals surface area (Å²) in [6.45, 7) is 3.21. The maximum atomic E-state index is 11.7. The first-order valence-corrected chi connectivity index (χ1v) is 6.53. The predicted octanol–water partition coefficient (Wildman–Crippen LogP) is -0.295. The molecule has 0 aromatic carbocycles. The molecule has 2 N–H and O–H groups in total. The summed E-state index contributed by atoms with van der Waals surface area (Å²) in [4.78, 5) is 13.4. The van der Waals surface area contributed by atoms with Crippen molar-refractivity contribution in [2.24, 2.45) is 5.73 Å². The van der Waals surface area contributed by atoms with Gasteiger partial charge in [-0.15, -0.1) is 0 Å². The maximum absolute atomic E-state index is 11.7. The van der Waals surface area contributed by atoms with Crippen LogP contribution >= 0.6 is 0 Å². The van der Waals surface area contributed by atoms with E-state index < -0.39 is 10.8 Å². The molecule has 14 heavy (non-hydrogen) atoms. The molecule has 0 bridgehead atoms. The van der Waals surface area contributed by atoms with Gasteiger partial charge in [0.25, 0.3) is 0 Å². The fourth-order valence-electron chi connectivity index (χ4n) is 1.53. The zero-order valence-corrected chi connectivity index (χ0v) is 9.39. The van der Waals surface area contributed by atoms with E-state index in [1.165, 1.54) is 0 Å². The second-order valence-corrected chi connectivity index (χ2v) is 5.26. The molecule has 4 nitrogen and oxygen atoms in total. The zero-order chi connectivity index (χ0) is 10.6. The Morgan fingerprint density at radius 3 is 2.57 bits per heavy atom. The van der Waals surface area contributed by atoms with Gasteiger partial charge in [-0.3, -0.25) is 9.00 Å². The topological polar surface area (TPSA) is 63.4 Å². The molecule has 1 aliphatic heterocycles. The summed E-state index contributed by atoms with van der Waals surface area (Å²) in [6.07, 6.45) is 1.66. The average molecular weight is 218 g/mol. The van der Waals surface area contributed by atoms with Crippen LogP contribution < -0.4 is 5.73 Å². The number of carbonyl (C=O) groups is 1. The summed E-state index contributed by atoms with van der Waals surface area (Å²) < 4.78 is 11.1. The minimum atomic E-state index is -0.729. The van der Waals surface area contributed by atoms with Crippen LogP contribution in [-0.2, 0) is 15.6 Å². The summed E-state index contributed by atoms with van der Waals surface area (Å²) in [5, 5.41) is 0. The Morgan fingerprint density at radius 1 is 1.50 bits per heavy atom. The number of nitrogens with zero attached hydrogens (tertiary/aromatic N) is 1. The number of rotatable bonds is 3. The van der Waals surface area contributed by atoms with Gasteiger partial charge < -0.3 is 10.6 Å². The molecular formula is C9H18N2O2S. The first-order valence-electron chi connectivity index (χ1n) is 5.04. The molecule has 1 saturated heterocycles. The number of nitrogens with two attached hydrogens (primary N) is 1. The molecule has 0 aromatic heterocycles. The molecule has 0 spiro atoms. The van der Waals surface area contributed by atoms with Gasteiger partial charge in [-0.05, 0) is 6.42 Å². The van der Waals surface area contributed by atoms with E-state index in [4.69, 9.17) is 5.73 Å². The second kappa shape index (κ2) is 5.46. The van der Waals surface area contributed by atoms with Gasteiger partial charge in [0.15, 0.2) is 0 Å². The highest BCUT2D eigenvalue weighted by molar-refractivity contribution is 7.85. The third kappa shape index (κ3) is 3.06. The van der Waals surface area contributed by atoms with Gasteiger partial charge in [0.1, 0.15) is 0 Å². The molecule has 1 atom stereocenters. The lowest BCUT2D eigenvalue weighted by molar-refractivity contribution is -0.132. The van der Waals surface area contributed by atoms with E-state index in [2.05, 4.69) is 0 Å². The van der Waals surface area contributed by atoms with Gasteiger partial charge in [0.05, 0.1) is 6.04 Å². The molecule has 0 radical (unpaired) electrons. The van der Waals surface area contributed by atoms with Crippen molar-refractivity contribution in [3.63, 3.8) is 0 Å². The zero-order valence-electron chi connectivity index (χ0n) is 8.57. The molecule has 0 aromatic rings. The number of hydrogen-bond acceptors (Lipinski definition) is 3. The van der Waals surface area contributed by atoms with Gasteiger partial charge in [-0.1, -0.05) is 13.3 Å². The third-order valence-corrected chi connectivity index (χ3v) is 3.68. The molecule has 0 saturated carbocycles. The van der Waals surface area contributed by atoms with Crippen molar-refractivity contribution in [1.29, 1.82) is 0 Å². The Labute approximate surface area is 87.3 Å². The molecule has 1 aliphatic rings. The number of amides is 1. The molecule has 1 fully saturated rings. The molecule has 82 valence electrons. The van der Waals surface area contributed by atoms with E-state index in [0.29, 0.717) is 24.6 Å². The highest BCUT2D eigenvalue weighted by atomic mass is 32.2. The van der Waals surface area contributed by atoms with E-state index in [1.54, 1.807) is 4.90 Å². The van der Waals surface area contributed by atoms with Crippen molar-refractivity contribution in [2.45, 2.75) is 25.8 Å². The van der Waals surface area contributed by atoms with Crippen molar-refractivity contribution < 1.29 is 9.00 Å². The highest BCUT2D eigenvalue weighted by Crippen LogP contribution is 2.04. The monoisotopic (exact) mass is 218 g/mol. The van der Waals surface area contributed by atoms with Crippen LogP contribution in [0.2, 0.25) is 0 Å². The lowest BCUT2D eigenvalue weighted by Crippen LogP contribution is -2.49. The van der Waals surface area contributed by atoms with Crippen LogP contribution in [0, 0.1) is 0 Å². The Kier molecular flexibility index (Phi) is 4.54. The summed E-state index contributed by atoms with van der Waals surface area (Å²) in [6, 6.07) is -0.369. The number of carbonyl (C=O) groups excluding carboxylic acids is 1. The van der Waals surface area contributed by atoms with Crippen LogP contribution in [0.15, 0.2) is 0 Å². The lowest BCUT2D eigenvalue weighted by Gasteiger charge is -2.28. The van der Waals surface area contributed by atoms with Gasteiger partial charge in [0, 0.05) is 35.4 Å². The van der Waals surface area contributed by atoms with Crippen LogP contribution in [0.4, 0.5) is 0 Å². The Hall–Kier alpha value is -0.420. The molecule has 1 rings (SSSR count). The van der Waals surface area contributed by atoms with Crippen molar-refractivity contribution >= 4 is 16.7 Å².